The molecule has 3 aromatic rings. The summed E-state index contributed by atoms with van der Waals surface area (Å²) in [5.74, 6) is 0. The second kappa shape index (κ2) is 7.84. The molecule has 2 aromatic carbocycles. The summed E-state index contributed by atoms with van der Waals surface area (Å²) in [5.41, 5.74) is 1.98. The molecule has 154 valence electrons. The van der Waals surface area contributed by atoms with E-state index in [-0.39, 0.29) is 0 Å². The number of piperazine rings is 1. The first-order valence-corrected chi connectivity index (χ1v) is 10.1. The lowest BCUT2D eigenvalue weighted by atomic mass is 10.0. The lowest BCUT2D eigenvalue weighted by Crippen LogP contribution is -2.48. The Labute approximate surface area is 169 Å². The Kier molecular flexibility index (Phi) is 5.40. The summed E-state index contributed by atoms with van der Waals surface area (Å²) in [4.78, 5) is 7.70. The maximum atomic E-state index is 13.8. The second-order valence-corrected chi connectivity index (χ2v) is 8.05. The number of nitrogens with one attached hydrogen (secondary N) is 1. The van der Waals surface area contributed by atoms with E-state index in [1.54, 1.807) is 12.1 Å². The number of alkyl halides is 3. The van der Waals surface area contributed by atoms with Gasteiger partial charge in [-0.25, -0.2) is 0 Å². The van der Waals surface area contributed by atoms with Crippen molar-refractivity contribution in [3.8, 4) is 11.3 Å². The SMILES string of the molecule is CC(C)N1CCN(Cc2ccc(-c3cc4ccccc4[nH]3)cc2C(F)(F)F)CC1. The highest BCUT2D eigenvalue weighted by Crippen LogP contribution is 2.36. The molecule has 0 radical (unpaired) electrons. The summed E-state index contributed by atoms with van der Waals surface area (Å²) < 4.78 is 41.5. The molecule has 4 rings (SSSR count). The van der Waals surface area contributed by atoms with Crippen LogP contribution in [0.5, 0.6) is 0 Å². The van der Waals surface area contributed by atoms with Crippen molar-refractivity contribution in [3.63, 3.8) is 0 Å². The van der Waals surface area contributed by atoms with Crippen LogP contribution in [0.1, 0.15) is 25.0 Å². The van der Waals surface area contributed by atoms with Crippen LogP contribution >= 0.6 is 0 Å². The van der Waals surface area contributed by atoms with Crippen LogP contribution in [0.3, 0.4) is 0 Å². The van der Waals surface area contributed by atoms with Gasteiger partial charge in [-0.3, -0.25) is 9.80 Å². The Hall–Kier alpha value is -2.31. The first kappa shape index (κ1) is 20.0. The van der Waals surface area contributed by atoms with Crippen molar-refractivity contribution in [2.24, 2.45) is 0 Å². The zero-order valence-corrected chi connectivity index (χ0v) is 16.8. The fourth-order valence-electron chi connectivity index (χ4n) is 4.05. The van der Waals surface area contributed by atoms with Crippen molar-refractivity contribution in [1.29, 1.82) is 0 Å². The molecular formula is C23H26F3N3. The third-order valence-corrected chi connectivity index (χ3v) is 5.79. The van der Waals surface area contributed by atoms with Gasteiger partial charge in [0.1, 0.15) is 0 Å². The molecule has 1 N–H and O–H groups in total. The number of halogens is 3. The average molecular weight is 401 g/mol. The first-order valence-electron chi connectivity index (χ1n) is 10.1. The van der Waals surface area contributed by atoms with Crippen LogP contribution in [0.15, 0.2) is 48.5 Å². The van der Waals surface area contributed by atoms with Gasteiger partial charge in [0.2, 0.25) is 0 Å². The van der Waals surface area contributed by atoms with Crippen molar-refractivity contribution < 1.29 is 13.2 Å². The molecule has 0 amide bonds. The Bertz CT molecular complexity index is 949. The van der Waals surface area contributed by atoms with Gasteiger partial charge in [-0.15, -0.1) is 0 Å². The van der Waals surface area contributed by atoms with E-state index in [9.17, 15) is 13.2 Å². The lowest BCUT2D eigenvalue weighted by molar-refractivity contribution is -0.138. The van der Waals surface area contributed by atoms with E-state index in [4.69, 9.17) is 0 Å². The van der Waals surface area contributed by atoms with Crippen LogP contribution in [0.25, 0.3) is 22.2 Å². The third-order valence-electron chi connectivity index (χ3n) is 5.79. The number of nitrogens with zero attached hydrogens (tertiary/aromatic N) is 2. The predicted molar refractivity (Wildman–Crippen MR) is 111 cm³/mol. The predicted octanol–water partition coefficient (Wildman–Crippen LogP) is 5.38. The minimum absolute atomic E-state index is 0.327. The van der Waals surface area contributed by atoms with Crippen LogP contribution in [-0.4, -0.2) is 47.0 Å². The van der Waals surface area contributed by atoms with Gasteiger partial charge >= 0.3 is 6.18 Å². The minimum atomic E-state index is -4.38. The summed E-state index contributed by atoms with van der Waals surface area (Å²) in [6.45, 7) is 8.00. The van der Waals surface area contributed by atoms with Crippen molar-refractivity contribution >= 4 is 10.9 Å². The summed E-state index contributed by atoms with van der Waals surface area (Å²) in [6, 6.07) is 14.8. The van der Waals surface area contributed by atoms with Crippen LogP contribution in [-0.2, 0) is 12.7 Å². The molecule has 1 saturated heterocycles. The molecule has 2 heterocycles. The number of rotatable bonds is 4. The molecule has 6 heteroatoms. The van der Waals surface area contributed by atoms with E-state index in [1.807, 2.05) is 30.3 Å². The molecule has 0 atom stereocenters. The highest BCUT2D eigenvalue weighted by atomic mass is 19.4. The standard InChI is InChI=1S/C23H26F3N3/c1-16(2)29-11-9-28(10-12-29)15-19-8-7-18(13-20(19)23(24,25)26)22-14-17-5-3-4-6-21(17)27-22/h3-8,13-14,16,27H,9-12,15H2,1-2H3. The average Bonchev–Trinajstić information content (AvgIpc) is 3.12. The van der Waals surface area contributed by atoms with E-state index in [2.05, 4.69) is 28.6 Å². The van der Waals surface area contributed by atoms with Crippen molar-refractivity contribution in [2.75, 3.05) is 26.2 Å². The zero-order valence-electron chi connectivity index (χ0n) is 16.8. The second-order valence-electron chi connectivity index (χ2n) is 8.05. The summed E-state index contributed by atoms with van der Waals surface area (Å²) >= 11 is 0. The minimum Gasteiger partial charge on any atom is -0.355 e. The number of aromatic amines is 1. The maximum Gasteiger partial charge on any atom is 0.416 e. The van der Waals surface area contributed by atoms with Gasteiger partial charge in [-0.1, -0.05) is 30.3 Å². The van der Waals surface area contributed by atoms with E-state index in [1.165, 1.54) is 6.07 Å². The molecule has 0 aliphatic carbocycles. The Morgan fingerprint density at radius 2 is 1.69 bits per heavy atom. The van der Waals surface area contributed by atoms with Gasteiger partial charge in [-0.2, -0.15) is 13.2 Å². The largest absolute Gasteiger partial charge is 0.416 e. The quantitative estimate of drug-likeness (QED) is 0.634. The summed E-state index contributed by atoms with van der Waals surface area (Å²) in [6.07, 6.45) is -4.38. The zero-order chi connectivity index (χ0) is 20.6. The summed E-state index contributed by atoms with van der Waals surface area (Å²) in [5, 5.41) is 0.989. The fourth-order valence-corrected chi connectivity index (χ4v) is 4.05. The number of fused-ring (bicyclic) bond motifs is 1. The van der Waals surface area contributed by atoms with E-state index in [0.29, 0.717) is 29.4 Å². The van der Waals surface area contributed by atoms with Crippen LogP contribution in [0, 0.1) is 0 Å². The molecule has 1 fully saturated rings. The molecule has 0 bridgehead atoms. The number of hydrogen-bond acceptors (Lipinski definition) is 2. The van der Waals surface area contributed by atoms with Gasteiger partial charge in [0.15, 0.2) is 0 Å². The van der Waals surface area contributed by atoms with Crippen molar-refractivity contribution in [3.05, 3.63) is 59.7 Å². The smallest absolute Gasteiger partial charge is 0.355 e. The number of para-hydroxylation sites is 1. The van der Waals surface area contributed by atoms with E-state index >= 15 is 0 Å². The molecule has 0 spiro atoms. The molecule has 1 aliphatic rings. The molecular weight excluding hydrogens is 375 g/mol. The van der Waals surface area contributed by atoms with Gasteiger partial charge in [0, 0.05) is 55.4 Å². The molecule has 0 saturated carbocycles. The monoisotopic (exact) mass is 401 g/mol. The van der Waals surface area contributed by atoms with Gasteiger partial charge in [0.05, 0.1) is 5.56 Å². The fraction of sp³-hybridized carbons (Fsp3) is 0.391. The number of aromatic nitrogens is 1. The molecule has 1 aliphatic heterocycles. The topological polar surface area (TPSA) is 22.3 Å². The first-order chi connectivity index (χ1) is 13.8. The summed E-state index contributed by atoms with van der Waals surface area (Å²) in [7, 11) is 0. The number of hydrogen-bond donors (Lipinski definition) is 1. The van der Waals surface area contributed by atoms with Crippen LogP contribution in [0.2, 0.25) is 0 Å². The van der Waals surface area contributed by atoms with Crippen molar-refractivity contribution in [2.45, 2.75) is 32.6 Å². The normalized spacial score (nSPS) is 16.8. The number of H-pyrrole nitrogens is 1. The van der Waals surface area contributed by atoms with E-state index < -0.39 is 11.7 Å². The lowest BCUT2D eigenvalue weighted by Gasteiger charge is -2.37. The van der Waals surface area contributed by atoms with Crippen LogP contribution < -0.4 is 0 Å². The maximum absolute atomic E-state index is 13.8. The molecule has 1 aromatic heterocycles. The molecule has 3 nitrogen and oxygen atoms in total. The van der Waals surface area contributed by atoms with Gasteiger partial charge in [-0.05, 0) is 43.2 Å². The highest BCUT2D eigenvalue weighted by molar-refractivity contribution is 5.85. The van der Waals surface area contributed by atoms with Gasteiger partial charge < -0.3 is 4.98 Å². The number of benzene rings is 2. The molecule has 0 unspecified atom stereocenters. The Balaban J connectivity index is 1.60. The Morgan fingerprint density at radius 3 is 2.34 bits per heavy atom. The molecule has 29 heavy (non-hydrogen) atoms. The van der Waals surface area contributed by atoms with Crippen LogP contribution in [0.4, 0.5) is 13.2 Å². The van der Waals surface area contributed by atoms with Gasteiger partial charge in [0.25, 0.3) is 0 Å². The van der Waals surface area contributed by atoms with Crippen molar-refractivity contribution in [1.82, 2.24) is 14.8 Å². The third kappa shape index (κ3) is 4.33. The highest BCUT2D eigenvalue weighted by Gasteiger charge is 2.34. The van der Waals surface area contributed by atoms with E-state index in [0.717, 1.165) is 37.1 Å². The Morgan fingerprint density at radius 1 is 0.966 bits per heavy atom.